The van der Waals surface area contributed by atoms with Crippen molar-refractivity contribution in [2.45, 2.75) is 32.6 Å². The minimum Gasteiger partial charge on any atom is -0.398 e. The van der Waals surface area contributed by atoms with Crippen molar-refractivity contribution < 1.29 is 4.79 Å². The molecule has 1 aliphatic carbocycles. The first kappa shape index (κ1) is 12.0. The summed E-state index contributed by atoms with van der Waals surface area (Å²) in [6.45, 7) is 1.50. The second kappa shape index (κ2) is 4.53. The highest BCUT2D eigenvalue weighted by Crippen LogP contribution is 2.32. The summed E-state index contributed by atoms with van der Waals surface area (Å²) in [5.41, 5.74) is 11.1. The molecule has 0 atom stereocenters. The zero-order valence-corrected chi connectivity index (χ0v) is 11.0. The first-order valence-corrected chi connectivity index (χ1v) is 6.64. The number of aryl methyl sites for hydroxylation is 1. The lowest BCUT2D eigenvalue weighted by atomic mass is 9.93. The number of aromatic nitrogens is 1. The number of carbonyl (C=O) groups excluding carboxylic acids is 1. The van der Waals surface area contributed by atoms with E-state index in [0.29, 0.717) is 0 Å². The van der Waals surface area contributed by atoms with Gasteiger partial charge < -0.3 is 11.1 Å². The predicted molar refractivity (Wildman–Crippen MR) is 77.1 cm³/mol. The molecule has 0 radical (unpaired) electrons. The number of nitrogens with zero attached hydrogens (tertiary/aromatic N) is 1. The SMILES string of the molecule is CC(=O)Nc1ccc2nc3c(c(N)c2c1)CCCC3. The van der Waals surface area contributed by atoms with E-state index in [1.165, 1.54) is 25.3 Å². The van der Waals surface area contributed by atoms with E-state index in [9.17, 15) is 4.79 Å². The normalized spacial score (nSPS) is 14.2. The van der Waals surface area contributed by atoms with E-state index >= 15 is 0 Å². The molecule has 0 saturated carbocycles. The Morgan fingerprint density at radius 2 is 2.11 bits per heavy atom. The predicted octanol–water partition coefficient (Wildman–Crippen LogP) is 2.65. The first-order valence-electron chi connectivity index (χ1n) is 6.64. The Hall–Kier alpha value is -2.10. The van der Waals surface area contributed by atoms with E-state index in [-0.39, 0.29) is 5.91 Å². The Kier molecular flexibility index (Phi) is 2.85. The van der Waals surface area contributed by atoms with Crippen LogP contribution in [0.3, 0.4) is 0 Å². The summed E-state index contributed by atoms with van der Waals surface area (Å²) in [6.07, 6.45) is 4.39. The molecule has 98 valence electrons. The van der Waals surface area contributed by atoms with E-state index < -0.39 is 0 Å². The number of fused-ring (bicyclic) bond motifs is 2. The van der Waals surface area contributed by atoms with Gasteiger partial charge in [-0.15, -0.1) is 0 Å². The Morgan fingerprint density at radius 1 is 1.32 bits per heavy atom. The highest BCUT2D eigenvalue weighted by molar-refractivity contribution is 5.97. The van der Waals surface area contributed by atoms with E-state index in [1.807, 2.05) is 18.2 Å². The van der Waals surface area contributed by atoms with Crippen molar-refractivity contribution in [3.8, 4) is 0 Å². The summed E-state index contributed by atoms with van der Waals surface area (Å²) in [5.74, 6) is -0.0798. The van der Waals surface area contributed by atoms with Gasteiger partial charge in [-0.3, -0.25) is 9.78 Å². The van der Waals surface area contributed by atoms with Crippen molar-refractivity contribution in [1.82, 2.24) is 4.98 Å². The third-order valence-electron chi connectivity index (χ3n) is 3.63. The van der Waals surface area contributed by atoms with Crippen molar-refractivity contribution in [2.24, 2.45) is 0 Å². The number of hydrogen-bond acceptors (Lipinski definition) is 3. The number of benzene rings is 1. The van der Waals surface area contributed by atoms with Crippen LogP contribution in [0.1, 0.15) is 31.0 Å². The lowest BCUT2D eigenvalue weighted by Gasteiger charge is -2.18. The van der Waals surface area contributed by atoms with Crippen LogP contribution < -0.4 is 11.1 Å². The number of rotatable bonds is 1. The molecule has 0 bridgehead atoms. The maximum atomic E-state index is 11.1. The van der Waals surface area contributed by atoms with Crippen LogP contribution in [0.2, 0.25) is 0 Å². The van der Waals surface area contributed by atoms with E-state index in [1.54, 1.807) is 0 Å². The topological polar surface area (TPSA) is 68.0 Å². The second-order valence-corrected chi connectivity index (χ2v) is 5.07. The van der Waals surface area contributed by atoms with Gasteiger partial charge in [0.2, 0.25) is 5.91 Å². The minimum atomic E-state index is -0.0798. The number of nitrogens with one attached hydrogen (secondary N) is 1. The quantitative estimate of drug-likeness (QED) is 0.823. The minimum absolute atomic E-state index is 0.0798. The summed E-state index contributed by atoms with van der Waals surface area (Å²) in [5, 5.41) is 3.72. The standard InChI is InChI=1S/C15H17N3O/c1-9(19)17-10-6-7-14-12(8-10)15(16)11-4-2-3-5-13(11)18-14/h6-8H,2-5H2,1H3,(H2,16,18)(H,17,19). The summed E-state index contributed by atoms with van der Waals surface area (Å²) in [7, 11) is 0. The number of amides is 1. The molecule has 2 aromatic rings. The average Bonchev–Trinajstić information content (AvgIpc) is 2.39. The first-order chi connectivity index (χ1) is 9.15. The largest absolute Gasteiger partial charge is 0.398 e. The Labute approximate surface area is 112 Å². The molecule has 0 spiro atoms. The fraction of sp³-hybridized carbons (Fsp3) is 0.333. The molecule has 1 heterocycles. The zero-order chi connectivity index (χ0) is 13.4. The second-order valence-electron chi connectivity index (χ2n) is 5.07. The van der Waals surface area contributed by atoms with Gasteiger partial charge in [-0.25, -0.2) is 0 Å². The van der Waals surface area contributed by atoms with Gasteiger partial charge in [0.15, 0.2) is 0 Å². The lowest BCUT2D eigenvalue weighted by Crippen LogP contribution is -2.10. The van der Waals surface area contributed by atoms with Gasteiger partial charge in [0.25, 0.3) is 0 Å². The molecule has 4 heteroatoms. The molecule has 1 aliphatic rings. The Morgan fingerprint density at radius 3 is 2.89 bits per heavy atom. The molecule has 0 aliphatic heterocycles. The van der Waals surface area contributed by atoms with Crippen molar-refractivity contribution in [2.75, 3.05) is 11.1 Å². The molecule has 1 aromatic heterocycles. The number of nitrogen functional groups attached to an aromatic ring is 1. The van der Waals surface area contributed by atoms with Crippen LogP contribution in [0, 0.1) is 0 Å². The van der Waals surface area contributed by atoms with Crippen LogP contribution in [0.15, 0.2) is 18.2 Å². The summed E-state index contributed by atoms with van der Waals surface area (Å²) >= 11 is 0. The van der Waals surface area contributed by atoms with Crippen LogP contribution in [0.25, 0.3) is 10.9 Å². The highest BCUT2D eigenvalue weighted by Gasteiger charge is 2.16. The molecule has 0 saturated heterocycles. The summed E-state index contributed by atoms with van der Waals surface area (Å²) < 4.78 is 0. The molecule has 1 amide bonds. The number of anilines is 2. The number of carbonyl (C=O) groups is 1. The number of hydrogen-bond donors (Lipinski definition) is 2. The number of nitrogens with two attached hydrogens (primary N) is 1. The summed E-state index contributed by atoms with van der Waals surface area (Å²) in [6, 6.07) is 5.70. The van der Waals surface area contributed by atoms with Crippen LogP contribution in [-0.2, 0) is 17.6 Å². The van der Waals surface area contributed by atoms with Gasteiger partial charge in [-0.2, -0.15) is 0 Å². The van der Waals surface area contributed by atoms with Gasteiger partial charge in [-0.1, -0.05) is 0 Å². The van der Waals surface area contributed by atoms with Crippen LogP contribution in [0.4, 0.5) is 11.4 Å². The lowest BCUT2D eigenvalue weighted by molar-refractivity contribution is -0.114. The summed E-state index contributed by atoms with van der Waals surface area (Å²) in [4.78, 5) is 15.8. The van der Waals surface area contributed by atoms with Gasteiger partial charge in [0, 0.05) is 29.4 Å². The van der Waals surface area contributed by atoms with Gasteiger partial charge in [0.1, 0.15) is 0 Å². The van der Waals surface area contributed by atoms with Crippen molar-refractivity contribution in [3.63, 3.8) is 0 Å². The van der Waals surface area contributed by atoms with Crippen LogP contribution in [-0.4, -0.2) is 10.9 Å². The molecule has 0 fully saturated rings. The highest BCUT2D eigenvalue weighted by atomic mass is 16.1. The Bertz CT molecular complexity index is 664. The molecule has 0 unspecified atom stereocenters. The van der Waals surface area contributed by atoms with Gasteiger partial charge in [0.05, 0.1) is 5.52 Å². The molecule has 4 nitrogen and oxygen atoms in total. The van der Waals surface area contributed by atoms with Crippen LogP contribution >= 0.6 is 0 Å². The third kappa shape index (κ3) is 2.14. The Balaban J connectivity index is 2.16. The van der Waals surface area contributed by atoms with E-state index in [4.69, 9.17) is 10.7 Å². The fourth-order valence-electron chi connectivity index (χ4n) is 2.74. The monoisotopic (exact) mass is 255 g/mol. The third-order valence-corrected chi connectivity index (χ3v) is 3.63. The van der Waals surface area contributed by atoms with E-state index in [0.717, 1.165) is 40.8 Å². The maximum absolute atomic E-state index is 11.1. The molecule has 1 aromatic carbocycles. The molecule has 19 heavy (non-hydrogen) atoms. The van der Waals surface area contributed by atoms with E-state index in [2.05, 4.69) is 5.32 Å². The van der Waals surface area contributed by atoms with Crippen molar-refractivity contribution in [3.05, 3.63) is 29.5 Å². The molecular weight excluding hydrogens is 238 g/mol. The van der Waals surface area contributed by atoms with Gasteiger partial charge >= 0.3 is 0 Å². The molecular formula is C15H17N3O. The fourth-order valence-corrected chi connectivity index (χ4v) is 2.74. The van der Waals surface area contributed by atoms with Crippen molar-refractivity contribution in [1.29, 1.82) is 0 Å². The maximum Gasteiger partial charge on any atom is 0.221 e. The zero-order valence-electron chi connectivity index (χ0n) is 11.0. The molecule has 3 N–H and O–H groups in total. The molecule has 3 rings (SSSR count). The van der Waals surface area contributed by atoms with Crippen molar-refractivity contribution >= 4 is 28.2 Å². The van der Waals surface area contributed by atoms with Gasteiger partial charge in [-0.05, 0) is 49.4 Å². The average molecular weight is 255 g/mol. The smallest absolute Gasteiger partial charge is 0.221 e. The van der Waals surface area contributed by atoms with Crippen LogP contribution in [0.5, 0.6) is 0 Å². The number of pyridine rings is 1.